The molecule has 2 aliphatic rings. The molecule has 0 aromatic heterocycles. The Labute approximate surface area is 193 Å². The third-order valence-electron chi connectivity index (χ3n) is 5.79. The van der Waals surface area contributed by atoms with Crippen molar-refractivity contribution >= 4 is 27.5 Å². The average Bonchev–Trinajstić information content (AvgIpc) is 3.09. The molecule has 0 radical (unpaired) electrons. The quantitative estimate of drug-likeness (QED) is 0.697. The highest BCUT2D eigenvalue weighted by atomic mass is 35.5. The minimum absolute atomic E-state index is 0.0271. The van der Waals surface area contributed by atoms with Crippen LogP contribution < -0.4 is 14.8 Å². The van der Waals surface area contributed by atoms with Gasteiger partial charge in [0.25, 0.3) is 5.91 Å². The molecule has 1 fully saturated rings. The number of hydrogen-bond donors (Lipinski definition) is 1. The number of carbonyl (C=O) groups excluding carboxylic acids is 1. The molecule has 1 atom stereocenters. The first-order valence-corrected chi connectivity index (χ1v) is 12.7. The van der Waals surface area contributed by atoms with Gasteiger partial charge in [0, 0.05) is 18.7 Å². The zero-order valence-electron chi connectivity index (χ0n) is 18.0. The summed E-state index contributed by atoms with van der Waals surface area (Å²) < 4.78 is 39.0. The highest BCUT2D eigenvalue weighted by Crippen LogP contribution is 2.33. The van der Waals surface area contributed by atoms with E-state index in [1.807, 2.05) is 25.1 Å². The second-order valence-corrected chi connectivity index (χ2v) is 10.4. The fraction of sp³-hybridized carbons (Fsp3) is 0.435. The molecule has 2 aromatic rings. The summed E-state index contributed by atoms with van der Waals surface area (Å²) in [5.74, 6) is 0.947. The first-order chi connectivity index (χ1) is 15.4. The lowest BCUT2D eigenvalue weighted by Crippen LogP contribution is -2.32. The van der Waals surface area contributed by atoms with Crippen LogP contribution in [0.15, 0.2) is 41.3 Å². The standard InChI is InChI=1S/C23H27ClN2O5S/c1-16(17-7-9-20-21(14-17)31-13-12-30-20)25-23(27)18-6-8-19(24)22(15-18)32(28,29)26-10-4-2-3-5-11-26/h6-9,14-16H,2-5,10-13H2,1H3,(H,25,27). The van der Waals surface area contributed by atoms with Crippen molar-refractivity contribution in [3.63, 3.8) is 0 Å². The van der Waals surface area contributed by atoms with Crippen LogP contribution in [-0.2, 0) is 10.0 Å². The van der Waals surface area contributed by atoms with Gasteiger partial charge in [0.1, 0.15) is 18.1 Å². The summed E-state index contributed by atoms with van der Waals surface area (Å²) in [6, 6.07) is 9.59. The Hall–Kier alpha value is -2.29. The van der Waals surface area contributed by atoms with Gasteiger partial charge in [-0.3, -0.25) is 4.79 Å². The van der Waals surface area contributed by atoms with Gasteiger partial charge < -0.3 is 14.8 Å². The van der Waals surface area contributed by atoms with E-state index in [-0.39, 0.29) is 27.4 Å². The molecular formula is C23H27ClN2O5S. The highest BCUT2D eigenvalue weighted by molar-refractivity contribution is 7.89. The first kappa shape index (κ1) is 22.9. The van der Waals surface area contributed by atoms with Crippen molar-refractivity contribution < 1.29 is 22.7 Å². The molecule has 2 heterocycles. The van der Waals surface area contributed by atoms with E-state index in [2.05, 4.69) is 5.32 Å². The smallest absolute Gasteiger partial charge is 0.251 e. The Balaban J connectivity index is 1.53. The fourth-order valence-corrected chi connectivity index (χ4v) is 5.97. The first-order valence-electron chi connectivity index (χ1n) is 10.9. The number of halogens is 1. The number of hydrogen-bond acceptors (Lipinski definition) is 5. The SMILES string of the molecule is CC(NC(=O)c1ccc(Cl)c(S(=O)(=O)N2CCCCCC2)c1)c1ccc2c(c1)OCCO2. The normalized spacial score (nSPS) is 17.9. The average molecular weight is 479 g/mol. The second kappa shape index (κ2) is 9.68. The van der Waals surface area contributed by atoms with E-state index in [0.717, 1.165) is 31.2 Å². The van der Waals surface area contributed by atoms with Gasteiger partial charge in [-0.15, -0.1) is 0 Å². The Bertz CT molecular complexity index is 1100. The monoisotopic (exact) mass is 478 g/mol. The molecule has 7 nitrogen and oxygen atoms in total. The Morgan fingerprint density at radius 1 is 1.00 bits per heavy atom. The number of amides is 1. The number of carbonyl (C=O) groups is 1. The van der Waals surface area contributed by atoms with Gasteiger partial charge in [0.05, 0.1) is 11.1 Å². The van der Waals surface area contributed by atoms with Gasteiger partial charge in [-0.1, -0.05) is 30.5 Å². The molecule has 1 saturated heterocycles. The van der Waals surface area contributed by atoms with Crippen molar-refractivity contribution in [1.82, 2.24) is 9.62 Å². The van der Waals surface area contributed by atoms with Crippen LogP contribution in [0.4, 0.5) is 0 Å². The molecule has 0 spiro atoms. The Morgan fingerprint density at radius 3 is 2.41 bits per heavy atom. The summed E-state index contributed by atoms with van der Waals surface area (Å²) in [4.78, 5) is 12.9. The van der Waals surface area contributed by atoms with E-state index in [4.69, 9.17) is 21.1 Å². The lowest BCUT2D eigenvalue weighted by atomic mass is 10.1. The van der Waals surface area contributed by atoms with Crippen LogP contribution in [0, 0.1) is 0 Å². The van der Waals surface area contributed by atoms with Crippen molar-refractivity contribution in [2.75, 3.05) is 26.3 Å². The summed E-state index contributed by atoms with van der Waals surface area (Å²) >= 11 is 6.25. The van der Waals surface area contributed by atoms with Gasteiger partial charge >= 0.3 is 0 Å². The van der Waals surface area contributed by atoms with Crippen molar-refractivity contribution in [3.05, 3.63) is 52.5 Å². The predicted molar refractivity (Wildman–Crippen MR) is 122 cm³/mol. The number of ether oxygens (including phenoxy) is 2. The van der Waals surface area contributed by atoms with Crippen molar-refractivity contribution in [1.29, 1.82) is 0 Å². The zero-order valence-corrected chi connectivity index (χ0v) is 19.5. The fourth-order valence-electron chi connectivity index (χ4n) is 3.96. The summed E-state index contributed by atoms with van der Waals surface area (Å²) in [7, 11) is -3.77. The molecule has 0 bridgehead atoms. The number of nitrogens with zero attached hydrogens (tertiary/aromatic N) is 1. The summed E-state index contributed by atoms with van der Waals surface area (Å²) in [6.07, 6.45) is 3.67. The summed E-state index contributed by atoms with van der Waals surface area (Å²) in [5.41, 5.74) is 1.10. The lowest BCUT2D eigenvalue weighted by molar-refractivity contribution is 0.0939. The Kier molecular flexibility index (Phi) is 6.93. The van der Waals surface area contributed by atoms with Crippen molar-refractivity contribution in [3.8, 4) is 11.5 Å². The van der Waals surface area contributed by atoms with Crippen LogP contribution in [0.25, 0.3) is 0 Å². The van der Waals surface area contributed by atoms with Crippen molar-refractivity contribution in [2.24, 2.45) is 0 Å². The molecular weight excluding hydrogens is 452 g/mol. The second-order valence-electron chi connectivity index (χ2n) is 8.06. The number of fused-ring (bicyclic) bond motifs is 1. The van der Waals surface area contributed by atoms with Gasteiger partial charge in [0.2, 0.25) is 10.0 Å². The topological polar surface area (TPSA) is 84.9 Å². The predicted octanol–water partition coefficient (Wildman–Crippen LogP) is 4.17. The van der Waals surface area contributed by atoms with E-state index in [9.17, 15) is 13.2 Å². The van der Waals surface area contributed by atoms with Crippen LogP contribution in [0.5, 0.6) is 11.5 Å². The van der Waals surface area contributed by atoms with Crippen LogP contribution in [0.2, 0.25) is 5.02 Å². The van der Waals surface area contributed by atoms with Gasteiger partial charge in [0.15, 0.2) is 11.5 Å². The maximum Gasteiger partial charge on any atom is 0.251 e. The largest absolute Gasteiger partial charge is 0.486 e. The van der Waals surface area contributed by atoms with E-state index in [1.54, 1.807) is 0 Å². The van der Waals surface area contributed by atoms with Gasteiger partial charge in [-0.25, -0.2) is 8.42 Å². The third-order valence-corrected chi connectivity index (χ3v) is 8.17. The maximum absolute atomic E-state index is 13.2. The minimum atomic E-state index is -3.77. The summed E-state index contributed by atoms with van der Waals surface area (Å²) in [5, 5.41) is 3.04. The molecule has 1 amide bonds. The molecule has 2 aliphatic heterocycles. The van der Waals surface area contributed by atoms with Crippen molar-refractivity contribution in [2.45, 2.75) is 43.5 Å². The molecule has 172 valence electrons. The molecule has 4 rings (SSSR count). The van der Waals surface area contributed by atoms with E-state index < -0.39 is 10.0 Å². The summed E-state index contributed by atoms with van der Waals surface area (Å²) in [6.45, 7) is 3.79. The minimum Gasteiger partial charge on any atom is -0.486 e. The van der Waals surface area contributed by atoms with Gasteiger partial charge in [-0.05, 0) is 55.7 Å². The molecule has 2 aromatic carbocycles. The molecule has 1 unspecified atom stereocenters. The third kappa shape index (κ3) is 4.87. The number of nitrogens with one attached hydrogen (secondary N) is 1. The van der Waals surface area contributed by atoms with Crippen LogP contribution >= 0.6 is 11.6 Å². The molecule has 1 N–H and O–H groups in total. The molecule has 32 heavy (non-hydrogen) atoms. The number of sulfonamides is 1. The molecule has 9 heteroatoms. The molecule has 0 saturated carbocycles. The van der Waals surface area contributed by atoms with E-state index in [0.29, 0.717) is 37.8 Å². The van der Waals surface area contributed by atoms with E-state index in [1.165, 1.54) is 22.5 Å². The maximum atomic E-state index is 13.2. The van der Waals surface area contributed by atoms with Crippen LogP contribution in [0.1, 0.15) is 54.6 Å². The van der Waals surface area contributed by atoms with Crippen LogP contribution in [-0.4, -0.2) is 44.9 Å². The highest BCUT2D eigenvalue weighted by Gasteiger charge is 2.28. The number of benzene rings is 2. The van der Waals surface area contributed by atoms with Gasteiger partial charge in [-0.2, -0.15) is 4.31 Å². The Morgan fingerprint density at radius 2 is 1.69 bits per heavy atom. The molecule has 0 aliphatic carbocycles. The lowest BCUT2D eigenvalue weighted by Gasteiger charge is -2.22. The van der Waals surface area contributed by atoms with Crippen LogP contribution in [0.3, 0.4) is 0 Å². The number of rotatable bonds is 5. The van der Waals surface area contributed by atoms with E-state index >= 15 is 0 Å². The zero-order chi connectivity index (χ0) is 22.7.